The van der Waals surface area contributed by atoms with E-state index in [2.05, 4.69) is 39.1 Å². The maximum absolute atomic E-state index is 13.8. The van der Waals surface area contributed by atoms with Crippen LogP contribution in [0.25, 0.3) is 0 Å². The lowest BCUT2D eigenvalue weighted by molar-refractivity contribution is -0.133. The zero-order valence-corrected chi connectivity index (χ0v) is 23.5. The van der Waals surface area contributed by atoms with Crippen LogP contribution in [-0.4, -0.2) is 23.8 Å². The Labute approximate surface area is 226 Å². The van der Waals surface area contributed by atoms with Crippen LogP contribution in [0.2, 0.25) is 0 Å². The molecule has 0 bridgehead atoms. The first kappa shape index (κ1) is 26.8. The Bertz CT molecular complexity index is 1150. The minimum atomic E-state index is -1.23. The molecule has 6 nitrogen and oxygen atoms in total. The van der Waals surface area contributed by atoms with Gasteiger partial charge in [-0.25, -0.2) is 4.79 Å². The summed E-state index contributed by atoms with van der Waals surface area (Å²) >= 11 is 0. The first-order valence-corrected chi connectivity index (χ1v) is 14.4. The third-order valence-electron chi connectivity index (χ3n) is 10.6. The summed E-state index contributed by atoms with van der Waals surface area (Å²) in [6.07, 6.45) is 9.88. The fraction of sp³-hybridized carbons (Fsp3) is 0.625. The summed E-state index contributed by atoms with van der Waals surface area (Å²) < 4.78 is 10.6. The molecule has 2 saturated carbocycles. The number of hydrogen-bond acceptors (Lipinski definition) is 4. The monoisotopic (exact) mass is 521 g/mol. The molecule has 0 heterocycles. The molecule has 0 aromatic heterocycles. The van der Waals surface area contributed by atoms with Gasteiger partial charge in [-0.1, -0.05) is 32.1 Å². The minimum absolute atomic E-state index is 0.00391. The lowest BCUT2D eigenvalue weighted by Gasteiger charge is -2.57. The second kappa shape index (κ2) is 9.77. The van der Waals surface area contributed by atoms with Gasteiger partial charge in [0.05, 0.1) is 12.1 Å². The third kappa shape index (κ3) is 4.54. The summed E-state index contributed by atoms with van der Waals surface area (Å²) in [5.74, 6) is 3.27. The second-order valence-electron chi connectivity index (χ2n) is 12.9. The average Bonchev–Trinajstić information content (AvgIpc) is 3.22. The van der Waals surface area contributed by atoms with Crippen LogP contribution in [0.4, 0.5) is 4.79 Å². The number of nitrogens with one attached hydrogen (secondary N) is 1. The standard InChI is InChI=1S/C32H43NO5/c1-6-37-22-10-7-20(8-11-22)30(2,3)33-28(34)27-14-13-25-24-12-9-21-19-23(38-29(35)36)15-17-31(21,4)26(24)16-18-32(25,27)5/h7-11,19,24-27H,6,12-18H2,1-5H3,(H,33,34)(H,35,36)/t24-,25-,26-,27?,31-,32-/m0/s1. The Morgan fingerprint density at radius 3 is 2.50 bits per heavy atom. The quantitative estimate of drug-likeness (QED) is 0.387. The third-order valence-corrected chi connectivity index (χ3v) is 10.6. The van der Waals surface area contributed by atoms with E-state index in [0.29, 0.717) is 36.5 Å². The number of rotatable bonds is 6. The van der Waals surface area contributed by atoms with Crippen LogP contribution in [0.1, 0.15) is 85.1 Å². The van der Waals surface area contributed by atoms with E-state index in [9.17, 15) is 9.59 Å². The van der Waals surface area contributed by atoms with E-state index in [1.165, 1.54) is 5.57 Å². The van der Waals surface area contributed by atoms with E-state index in [1.54, 1.807) is 0 Å². The highest BCUT2D eigenvalue weighted by Crippen LogP contribution is 2.66. The summed E-state index contributed by atoms with van der Waals surface area (Å²) in [5, 5.41) is 12.5. The second-order valence-corrected chi connectivity index (χ2v) is 12.9. The molecular formula is C32H43NO5. The van der Waals surface area contributed by atoms with Crippen molar-refractivity contribution in [2.45, 2.75) is 85.1 Å². The first-order valence-electron chi connectivity index (χ1n) is 14.4. The minimum Gasteiger partial charge on any atom is -0.494 e. The molecule has 1 unspecified atom stereocenters. The largest absolute Gasteiger partial charge is 0.511 e. The highest BCUT2D eigenvalue weighted by Gasteiger charge is 2.59. The molecule has 0 spiro atoms. The zero-order chi connectivity index (χ0) is 27.3. The Kier molecular flexibility index (Phi) is 6.90. The molecule has 0 aliphatic heterocycles. The van der Waals surface area contributed by atoms with Gasteiger partial charge in [0.25, 0.3) is 0 Å². The molecule has 4 aliphatic carbocycles. The van der Waals surface area contributed by atoms with Crippen molar-refractivity contribution in [3.05, 3.63) is 53.3 Å². The number of carboxylic acid groups (broad SMARTS) is 1. The van der Waals surface area contributed by atoms with Crippen molar-refractivity contribution in [2.75, 3.05) is 6.61 Å². The molecule has 1 amide bonds. The van der Waals surface area contributed by atoms with Gasteiger partial charge < -0.3 is 19.9 Å². The maximum Gasteiger partial charge on any atom is 0.511 e. The number of ether oxygens (including phenoxy) is 2. The van der Waals surface area contributed by atoms with Crippen molar-refractivity contribution in [2.24, 2.45) is 34.5 Å². The normalized spacial score (nSPS) is 34.1. The Morgan fingerprint density at radius 2 is 1.82 bits per heavy atom. The van der Waals surface area contributed by atoms with Crippen LogP contribution in [0.3, 0.4) is 0 Å². The van der Waals surface area contributed by atoms with Gasteiger partial charge in [0.2, 0.25) is 5.91 Å². The number of hydrogen-bond donors (Lipinski definition) is 2. The van der Waals surface area contributed by atoms with Crippen LogP contribution >= 0.6 is 0 Å². The first-order chi connectivity index (χ1) is 18.0. The van der Waals surface area contributed by atoms with Gasteiger partial charge in [0, 0.05) is 12.3 Å². The molecular weight excluding hydrogens is 478 g/mol. The SMILES string of the molecule is CCOc1ccc(C(C)(C)NC(=O)C2CC[C@H]3[C@@H]4CC=C5C=C(OC(=O)O)CC[C@]5(C)[C@H]4CC[C@]23C)cc1. The predicted octanol–water partition coefficient (Wildman–Crippen LogP) is 7.20. The van der Waals surface area contributed by atoms with Crippen molar-refractivity contribution in [1.82, 2.24) is 5.32 Å². The van der Waals surface area contributed by atoms with Gasteiger partial charge in [-0.05, 0) is 117 Å². The van der Waals surface area contributed by atoms with Crippen LogP contribution in [0.5, 0.6) is 5.75 Å². The summed E-state index contributed by atoms with van der Waals surface area (Å²) in [6, 6.07) is 8.05. The molecule has 2 N–H and O–H groups in total. The Hall–Kier alpha value is -2.76. The molecule has 6 atom stereocenters. The number of benzene rings is 1. The molecule has 38 heavy (non-hydrogen) atoms. The van der Waals surface area contributed by atoms with Crippen molar-refractivity contribution < 1.29 is 24.2 Å². The van der Waals surface area contributed by atoms with E-state index in [-0.39, 0.29) is 22.7 Å². The van der Waals surface area contributed by atoms with Gasteiger partial charge in [-0.2, -0.15) is 0 Å². The summed E-state index contributed by atoms with van der Waals surface area (Å²) in [4.78, 5) is 24.9. The van der Waals surface area contributed by atoms with Gasteiger partial charge in [-0.15, -0.1) is 0 Å². The molecule has 1 aromatic rings. The van der Waals surface area contributed by atoms with Crippen molar-refractivity contribution in [1.29, 1.82) is 0 Å². The summed E-state index contributed by atoms with van der Waals surface area (Å²) in [5.41, 5.74) is 1.91. The predicted molar refractivity (Wildman–Crippen MR) is 147 cm³/mol. The number of carbonyl (C=O) groups excluding carboxylic acids is 1. The molecule has 206 valence electrons. The average molecular weight is 522 g/mol. The van der Waals surface area contributed by atoms with Crippen LogP contribution in [-0.2, 0) is 15.1 Å². The maximum atomic E-state index is 13.8. The van der Waals surface area contributed by atoms with E-state index < -0.39 is 11.7 Å². The molecule has 4 aliphatic rings. The number of fused-ring (bicyclic) bond motifs is 5. The van der Waals surface area contributed by atoms with Gasteiger partial charge >= 0.3 is 6.16 Å². The van der Waals surface area contributed by atoms with Crippen molar-refractivity contribution >= 4 is 12.1 Å². The van der Waals surface area contributed by atoms with E-state index in [4.69, 9.17) is 14.6 Å². The van der Waals surface area contributed by atoms with E-state index in [0.717, 1.165) is 49.8 Å². The van der Waals surface area contributed by atoms with Crippen LogP contribution < -0.4 is 10.1 Å². The molecule has 1 aromatic carbocycles. The topological polar surface area (TPSA) is 84.9 Å². The van der Waals surface area contributed by atoms with Crippen molar-refractivity contribution in [3.8, 4) is 5.75 Å². The fourth-order valence-electron chi connectivity index (χ4n) is 8.52. The fourth-order valence-corrected chi connectivity index (χ4v) is 8.52. The van der Waals surface area contributed by atoms with Gasteiger partial charge in [-0.3, -0.25) is 4.79 Å². The number of carbonyl (C=O) groups is 2. The smallest absolute Gasteiger partial charge is 0.494 e. The van der Waals surface area contributed by atoms with E-state index in [1.807, 2.05) is 37.3 Å². The summed E-state index contributed by atoms with van der Waals surface area (Å²) in [6.45, 7) is 11.5. The molecule has 5 rings (SSSR count). The molecule has 2 fully saturated rings. The Morgan fingerprint density at radius 1 is 1.08 bits per heavy atom. The van der Waals surface area contributed by atoms with Gasteiger partial charge in [0.1, 0.15) is 11.5 Å². The lowest BCUT2D eigenvalue weighted by Crippen LogP contribution is -2.52. The van der Waals surface area contributed by atoms with Crippen LogP contribution in [0, 0.1) is 34.5 Å². The Balaban J connectivity index is 1.31. The molecule has 0 radical (unpaired) electrons. The molecule has 6 heteroatoms. The number of allylic oxidation sites excluding steroid dienone is 4. The number of amides is 1. The van der Waals surface area contributed by atoms with Gasteiger partial charge in [0.15, 0.2) is 0 Å². The summed E-state index contributed by atoms with van der Waals surface area (Å²) in [7, 11) is 0. The molecule has 0 saturated heterocycles. The van der Waals surface area contributed by atoms with Crippen LogP contribution in [0.15, 0.2) is 47.7 Å². The van der Waals surface area contributed by atoms with Crippen molar-refractivity contribution in [3.63, 3.8) is 0 Å². The highest BCUT2D eigenvalue weighted by molar-refractivity contribution is 5.81. The highest BCUT2D eigenvalue weighted by atomic mass is 16.7. The van der Waals surface area contributed by atoms with E-state index >= 15 is 0 Å². The lowest BCUT2D eigenvalue weighted by atomic mass is 9.48. The zero-order valence-electron chi connectivity index (χ0n) is 23.5.